The van der Waals surface area contributed by atoms with Crippen LogP contribution in [0.2, 0.25) is 0 Å². The van der Waals surface area contributed by atoms with Crippen LogP contribution in [-0.2, 0) is 24.8 Å². The smallest absolute Gasteiger partial charge is 0.263 e. The lowest BCUT2D eigenvalue weighted by Crippen LogP contribution is -2.37. The molecule has 0 aliphatic heterocycles. The lowest BCUT2D eigenvalue weighted by molar-refractivity contribution is -0.114. The van der Waals surface area contributed by atoms with Gasteiger partial charge < -0.3 is 5.32 Å². The van der Waals surface area contributed by atoms with Gasteiger partial charge in [0.25, 0.3) is 10.0 Å². The number of amides is 1. The fourth-order valence-electron chi connectivity index (χ4n) is 2.71. The Balaban J connectivity index is 1.72. The van der Waals surface area contributed by atoms with Crippen molar-refractivity contribution in [2.24, 2.45) is 0 Å². The zero-order valence-corrected chi connectivity index (χ0v) is 18.7. The summed E-state index contributed by atoms with van der Waals surface area (Å²) in [5.41, 5.74) is -0.0379. The Hall–Kier alpha value is -3.58. The average molecular weight is 497 g/mol. The van der Waals surface area contributed by atoms with E-state index in [1.807, 2.05) is 0 Å². The van der Waals surface area contributed by atoms with Gasteiger partial charge in [0.1, 0.15) is 12.4 Å². The number of halogens is 2. The van der Waals surface area contributed by atoms with Gasteiger partial charge in [-0.25, -0.2) is 30.6 Å². The standard InChI is InChI=1S/C20H18F2N4O5S2/c1-32(28,29)26(15-7-10-17(21)18(22)12-15)13-20(27)24-14-5-8-16(9-6-14)33(30,31)25-19-4-2-3-11-23-19/h2-12H,13H2,1H3,(H,23,25)(H,24,27). The van der Waals surface area contributed by atoms with Gasteiger partial charge in [0.2, 0.25) is 15.9 Å². The van der Waals surface area contributed by atoms with Crippen molar-refractivity contribution >= 4 is 43.1 Å². The minimum atomic E-state index is -4.00. The highest BCUT2D eigenvalue weighted by Crippen LogP contribution is 2.21. The number of benzene rings is 2. The second-order valence-electron chi connectivity index (χ2n) is 6.76. The lowest BCUT2D eigenvalue weighted by atomic mass is 10.3. The monoisotopic (exact) mass is 496 g/mol. The van der Waals surface area contributed by atoms with Gasteiger partial charge in [0.05, 0.1) is 16.8 Å². The Labute approximate surface area is 189 Å². The van der Waals surface area contributed by atoms with E-state index in [2.05, 4.69) is 15.0 Å². The topological polar surface area (TPSA) is 126 Å². The van der Waals surface area contributed by atoms with Crippen LogP contribution >= 0.6 is 0 Å². The highest BCUT2D eigenvalue weighted by molar-refractivity contribution is 7.92. The number of nitrogens with zero attached hydrogens (tertiary/aromatic N) is 2. The maximum Gasteiger partial charge on any atom is 0.263 e. The van der Waals surface area contributed by atoms with E-state index in [0.717, 1.165) is 18.4 Å². The first-order valence-electron chi connectivity index (χ1n) is 9.22. The van der Waals surface area contributed by atoms with E-state index in [9.17, 15) is 30.4 Å². The molecule has 1 heterocycles. The minimum Gasteiger partial charge on any atom is -0.325 e. The van der Waals surface area contributed by atoms with Gasteiger partial charge in [-0.3, -0.25) is 13.8 Å². The van der Waals surface area contributed by atoms with Gasteiger partial charge in [0.15, 0.2) is 11.6 Å². The van der Waals surface area contributed by atoms with Gasteiger partial charge >= 0.3 is 0 Å². The van der Waals surface area contributed by atoms with Crippen LogP contribution < -0.4 is 14.3 Å². The first-order valence-corrected chi connectivity index (χ1v) is 12.6. The number of anilines is 3. The Morgan fingerprint density at radius 3 is 2.24 bits per heavy atom. The number of carbonyl (C=O) groups excluding carboxylic acids is 1. The van der Waals surface area contributed by atoms with Crippen LogP contribution in [0.5, 0.6) is 0 Å². The van der Waals surface area contributed by atoms with Gasteiger partial charge in [-0.05, 0) is 48.5 Å². The number of nitrogens with one attached hydrogen (secondary N) is 2. The van der Waals surface area contributed by atoms with Crippen LogP contribution in [0.15, 0.2) is 71.8 Å². The number of hydrogen-bond donors (Lipinski definition) is 2. The molecule has 9 nitrogen and oxygen atoms in total. The van der Waals surface area contributed by atoms with Crippen LogP contribution in [0, 0.1) is 11.6 Å². The van der Waals surface area contributed by atoms with E-state index >= 15 is 0 Å². The predicted molar refractivity (Wildman–Crippen MR) is 119 cm³/mol. The molecule has 2 N–H and O–H groups in total. The van der Waals surface area contributed by atoms with Crippen molar-refractivity contribution in [3.63, 3.8) is 0 Å². The molecule has 0 atom stereocenters. The summed E-state index contributed by atoms with van der Waals surface area (Å²) in [6.07, 6.45) is 2.24. The fraction of sp³-hybridized carbons (Fsp3) is 0.100. The molecule has 0 aliphatic carbocycles. The van der Waals surface area contributed by atoms with Crippen molar-refractivity contribution in [1.82, 2.24) is 4.98 Å². The zero-order chi connectivity index (χ0) is 24.2. The van der Waals surface area contributed by atoms with Gasteiger partial charge in [0, 0.05) is 18.0 Å². The molecule has 3 rings (SSSR count). The second-order valence-corrected chi connectivity index (χ2v) is 10.4. The van der Waals surface area contributed by atoms with E-state index in [1.165, 1.54) is 36.5 Å². The summed E-state index contributed by atoms with van der Waals surface area (Å²) < 4.78 is 78.6. The Kier molecular flexibility index (Phi) is 6.93. The molecule has 33 heavy (non-hydrogen) atoms. The number of rotatable bonds is 8. The maximum atomic E-state index is 13.5. The van der Waals surface area contributed by atoms with E-state index < -0.39 is 44.1 Å². The van der Waals surface area contributed by atoms with Crippen molar-refractivity contribution in [2.45, 2.75) is 4.90 Å². The van der Waals surface area contributed by atoms with Crippen molar-refractivity contribution in [2.75, 3.05) is 27.1 Å². The number of hydrogen-bond acceptors (Lipinski definition) is 6. The summed E-state index contributed by atoms with van der Waals surface area (Å²) in [6.45, 7) is -0.717. The molecule has 0 spiro atoms. The largest absolute Gasteiger partial charge is 0.325 e. The number of sulfonamides is 2. The van der Waals surface area contributed by atoms with E-state index in [-0.39, 0.29) is 22.1 Å². The summed E-state index contributed by atoms with van der Waals surface area (Å²) in [5, 5.41) is 2.43. The third-order valence-corrected chi connectivity index (χ3v) is 6.74. The van der Waals surface area contributed by atoms with E-state index in [0.29, 0.717) is 10.4 Å². The molecule has 13 heteroatoms. The SMILES string of the molecule is CS(=O)(=O)N(CC(=O)Nc1ccc(S(=O)(=O)Nc2ccccn2)cc1)c1ccc(F)c(F)c1. The summed E-state index contributed by atoms with van der Waals surface area (Å²) >= 11 is 0. The first-order chi connectivity index (χ1) is 15.5. The summed E-state index contributed by atoms with van der Waals surface area (Å²) in [7, 11) is -7.92. The highest BCUT2D eigenvalue weighted by atomic mass is 32.2. The second kappa shape index (κ2) is 9.50. The summed E-state index contributed by atoms with van der Waals surface area (Å²) in [5.74, 6) is -3.08. The van der Waals surface area contributed by atoms with E-state index in [4.69, 9.17) is 0 Å². The molecular weight excluding hydrogens is 478 g/mol. The molecule has 0 radical (unpaired) electrons. The van der Waals surface area contributed by atoms with Gasteiger partial charge in [-0.15, -0.1) is 0 Å². The van der Waals surface area contributed by atoms with Crippen LogP contribution in [0.25, 0.3) is 0 Å². The average Bonchev–Trinajstić information content (AvgIpc) is 2.74. The molecule has 174 valence electrons. The van der Waals surface area contributed by atoms with Crippen molar-refractivity contribution < 1.29 is 30.4 Å². The normalized spacial score (nSPS) is 11.6. The Morgan fingerprint density at radius 2 is 1.67 bits per heavy atom. The number of pyridine rings is 1. The third kappa shape index (κ3) is 6.23. The molecule has 1 aromatic heterocycles. The van der Waals surface area contributed by atoms with Crippen LogP contribution in [0.4, 0.5) is 26.0 Å². The van der Waals surface area contributed by atoms with Crippen molar-refractivity contribution in [1.29, 1.82) is 0 Å². The maximum absolute atomic E-state index is 13.5. The Bertz CT molecular complexity index is 1370. The lowest BCUT2D eigenvalue weighted by Gasteiger charge is -2.22. The molecule has 0 bridgehead atoms. The van der Waals surface area contributed by atoms with Crippen molar-refractivity contribution in [3.05, 3.63) is 78.5 Å². The minimum absolute atomic E-state index is 0.0919. The summed E-state index contributed by atoms with van der Waals surface area (Å²) in [4.78, 5) is 16.2. The highest BCUT2D eigenvalue weighted by Gasteiger charge is 2.22. The van der Waals surface area contributed by atoms with Crippen LogP contribution in [0.3, 0.4) is 0 Å². The van der Waals surface area contributed by atoms with Crippen LogP contribution in [-0.4, -0.2) is 40.5 Å². The molecule has 0 fully saturated rings. The van der Waals surface area contributed by atoms with E-state index in [1.54, 1.807) is 12.1 Å². The molecule has 0 unspecified atom stereocenters. The Morgan fingerprint density at radius 1 is 0.970 bits per heavy atom. The van der Waals surface area contributed by atoms with Crippen LogP contribution in [0.1, 0.15) is 0 Å². The van der Waals surface area contributed by atoms with Gasteiger partial charge in [-0.2, -0.15) is 0 Å². The third-order valence-electron chi connectivity index (χ3n) is 4.23. The zero-order valence-electron chi connectivity index (χ0n) is 17.1. The first kappa shape index (κ1) is 24.1. The number of carbonyl (C=O) groups is 1. The molecule has 2 aromatic carbocycles. The molecule has 3 aromatic rings. The van der Waals surface area contributed by atoms with Gasteiger partial charge in [-0.1, -0.05) is 6.07 Å². The molecular formula is C20H18F2N4O5S2. The molecule has 0 aliphatic rings. The molecule has 0 saturated heterocycles. The quantitative estimate of drug-likeness (QED) is 0.494. The molecule has 1 amide bonds. The summed E-state index contributed by atoms with van der Waals surface area (Å²) in [6, 6.07) is 12.3. The number of aromatic nitrogens is 1. The fourth-order valence-corrected chi connectivity index (χ4v) is 4.56. The predicted octanol–water partition coefficient (Wildman–Crippen LogP) is 2.57. The molecule has 0 saturated carbocycles. The van der Waals surface area contributed by atoms with Crippen molar-refractivity contribution in [3.8, 4) is 0 Å².